The first-order valence-electron chi connectivity index (χ1n) is 16.5. The Morgan fingerprint density at radius 2 is 1.09 bits per heavy atom. The molecule has 0 unspecified atom stereocenters. The molecule has 0 bridgehead atoms. The third-order valence-corrected chi connectivity index (χ3v) is 7.69. The van der Waals surface area contributed by atoms with E-state index in [1.54, 1.807) is 12.1 Å². The molecule has 16 heteroatoms. The van der Waals surface area contributed by atoms with Gasteiger partial charge in [-0.3, -0.25) is 16.8 Å². The second-order valence-electron chi connectivity index (χ2n) is 11.6. The fourth-order valence-electron chi connectivity index (χ4n) is 5.09. The van der Waals surface area contributed by atoms with Crippen LogP contribution >= 0.6 is 0 Å². The van der Waals surface area contributed by atoms with Gasteiger partial charge in [-0.2, -0.15) is 0 Å². The van der Waals surface area contributed by atoms with Gasteiger partial charge in [0.25, 0.3) is 0 Å². The fraction of sp³-hybridized carbons (Fsp3) is 0.216. The zero-order chi connectivity index (χ0) is 37.4. The van der Waals surface area contributed by atoms with Gasteiger partial charge in [0, 0.05) is 22.1 Å². The van der Waals surface area contributed by atoms with E-state index < -0.39 is 0 Å². The van der Waals surface area contributed by atoms with Gasteiger partial charge in [-0.25, -0.2) is 19.9 Å². The molecule has 0 amide bonds. The minimum Gasteiger partial charge on any atom is -0.545 e. The van der Waals surface area contributed by atoms with Crippen molar-refractivity contribution in [2.75, 3.05) is 50.4 Å². The average Bonchev–Trinajstić information content (AvgIpc) is 3.18. The third-order valence-electron chi connectivity index (χ3n) is 7.69. The van der Waals surface area contributed by atoms with Crippen LogP contribution in [0.3, 0.4) is 0 Å². The first kappa shape index (κ1) is 37.8. The molecule has 0 aliphatic carbocycles. The maximum Gasteiger partial charge on any atom is 0.141 e. The second-order valence-corrected chi connectivity index (χ2v) is 11.6. The minimum atomic E-state index is -0.348. The van der Waals surface area contributed by atoms with Crippen LogP contribution in [0.2, 0.25) is 0 Å². The summed E-state index contributed by atoms with van der Waals surface area (Å²) in [6.07, 6.45) is 3.03. The lowest BCUT2D eigenvalue weighted by atomic mass is 10.2. The summed E-state index contributed by atoms with van der Waals surface area (Å²) in [7, 11) is 0. The van der Waals surface area contributed by atoms with Crippen LogP contribution in [0, 0.1) is 13.8 Å². The van der Waals surface area contributed by atoms with Crippen LogP contribution in [0.4, 0.5) is 34.4 Å². The Bertz CT molecular complexity index is 2020. The van der Waals surface area contributed by atoms with Crippen LogP contribution in [0.1, 0.15) is 11.1 Å². The maximum atomic E-state index is 9.84. The van der Waals surface area contributed by atoms with Crippen molar-refractivity contribution in [2.45, 2.75) is 13.8 Å². The number of carbonyl (C=O) groups excluding carboxylic acids is 1. The van der Waals surface area contributed by atoms with Gasteiger partial charge in [-0.1, -0.05) is 34.7 Å². The van der Waals surface area contributed by atoms with E-state index in [-0.39, 0.29) is 39.8 Å². The van der Waals surface area contributed by atoms with E-state index in [1.165, 1.54) is 22.7 Å². The molecule has 0 radical (unpaired) electrons. The summed E-state index contributed by atoms with van der Waals surface area (Å²) in [6.45, 7) is 7.70. The Morgan fingerprint density at radius 3 is 1.51 bits per heavy atom. The normalized spacial score (nSPS) is 11.2. The molecule has 0 aliphatic heterocycles. The molecule has 2 aromatic heterocycles. The molecule has 0 saturated heterocycles. The van der Waals surface area contributed by atoms with E-state index >= 15 is 0 Å². The number of aryl methyl sites for hydroxylation is 2. The zero-order valence-corrected chi connectivity index (χ0v) is 29.2. The molecule has 4 aromatic carbocycles. The Hall–Kier alpha value is -6.49. The number of nitrogens with zero attached hydrogens (tertiary/aromatic N) is 10. The number of aliphatic hydroxyl groups is 2. The zero-order valence-electron chi connectivity index (χ0n) is 29.2. The van der Waals surface area contributed by atoms with Gasteiger partial charge in [0.15, 0.2) is 0 Å². The third kappa shape index (κ3) is 10.8. The fourth-order valence-corrected chi connectivity index (χ4v) is 5.09. The van der Waals surface area contributed by atoms with Crippen molar-refractivity contribution < 1.29 is 19.7 Å². The molecule has 16 nitrogen and oxygen atoms in total. The number of nitrogens with one attached hydrogen (secondary N) is 2. The average molecular weight is 716 g/mol. The van der Waals surface area contributed by atoms with Crippen molar-refractivity contribution in [1.82, 2.24) is 30.0 Å². The van der Waals surface area contributed by atoms with Gasteiger partial charge >= 0.3 is 0 Å². The van der Waals surface area contributed by atoms with Gasteiger partial charge in [0.05, 0.1) is 48.7 Å². The quantitative estimate of drug-likeness (QED) is 0.0209. The largest absolute Gasteiger partial charge is 0.545 e. The van der Waals surface area contributed by atoms with Crippen LogP contribution in [-0.4, -0.2) is 86.7 Å². The van der Waals surface area contributed by atoms with Gasteiger partial charge in [0.1, 0.15) is 37.8 Å². The molecule has 0 saturated carbocycles. The summed E-state index contributed by atoms with van der Waals surface area (Å²) in [4.78, 5) is 25.3. The smallest absolute Gasteiger partial charge is 0.141 e. The van der Waals surface area contributed by atoms with E-state index in [1.807, 2.05) is 86.6 Å². The number of fused-ring (bicyclic) bond motifs is 2. The van der Waals surface area contributed by atoms with Crippen LogP contribution in [0.15, 0.2) is 118 Å². The molecule has 2 heterocycles. The molecule has 0 spiro atoms. The number of hydrogen-bond donors (Lipinski definition) is 4. The lowest BCUT2D eigenvalue weighted by Gasteiger charge is -2.16. The monoisotopic (exact) mass is 715 g/mol. The lowest BCUT2D eigenvalue weighted by Crippen LogP contribution is -2.26. The highest BCUT2D eigenvalue weighted by Gasteiger charge is 2.09. The number of hydrogen-bond acceptors (Lipinski definition) is 14. The number of ether oxygens (including phenoxy) is 1. The van der Waals surface area contributed by atoms with Crippen molar-refractivity contribution >= 4 is 63.0 Å². The predicted octanol–water partition coefficient (Wildman–Crippen LogP) is 6.62. The standard InChI is InChI=1S/C36H38N12O3.CHO/c1-25-5-3-7-27(17-25)41-35-31-19-29(9-11-33(31)37-21-39-35)43-45-47(23-49)13-15-51-16-14-48(24-50)46-44-30-10-12-34-32(20-30)36(40-22-38-34)42-28-8-4-6-26(2)18-28;1-2/h3-12,17-22,49-50H,13-16,23-24H2,1-2H3,(H,37,39,41)(H,38,40,42);1H/q;-1. The molecular formula is C37H39N12O4-. The topological polar surface area (TPSA) is 198 Å². The molecule has 0 atom stereocenters. The first-order valence-corrected chi connectivity index (χ1v) is 16.5. The van der Waals surface area contributed by atoms with E-state index in [0.29, 0.717) is 23.0 Å². The number of aromatic nitrogens is 4. The number of anilines is 4. The number of aliphatic hydroxyl groups excluding tert-OH is 2. The molecule has 6 rings (SSSR count). The van der Waals surface area contributed by atoms with Crippen LogP contribution in [-0.2, 0) is 9.53 Å². The van der Waals surface area contributed by atoms with E-state index in [2.05, 4.69) is 58.0 Å². The Morgan fingerprint density at radius 1 is 0.642 bits per heavy atom. The van der Waals surface area contributed by atoms with Crippen molar-refractivity contribution in [3.05, 3.63) is 109 Å². The highest BCUT2D eigenvalue weighted by molar-refractivity contribution is 5.93. The van der Waals surface area contributed by atoms with E-state index in [9.17, 15) is 10.2 Å². The van der Waals surface area contributed by atoms with Gasteiger partial charge in [-0.05, 0) is 85.6 Å². The molecular weight excluding hydrogens is 676 g/mol. The predicted molar refractivity (Wildman–Crippen MR) is 202 cm³/mol. The summed E-state index contributed by atoms with van der Waals surface area (Å²) >= 11 is 0. The first-order chi connectivity index (χ1) is 26.0. The summed E-state index contributed by atoms with van der Waals surface area (Å²) < 4.78 is 5.72. The van der Waals surface area contributed by atoms with Gasteiger partial charge in [-0.15, -0.1) is 10.2 Å². The van der Waals surface area contributed by atoms with Crippen molar-refractivity contribution in [3.63, 3.8) is 0 Å². The molecule has 4 N–H and O–H groups in total. The summed E-state index contributed by atoms with van der Waals surface area (Å²) in [5.41, 5.74) is 6.76. The molecule has 0 fully saturated rings. The summed E-state index contributed by atoms with van der Waals surface area (Å²) in [6, 6.07) is 27.0. The highest BCUT2D eigenvalue weighted by atomic mass is 16.5. The highest BCUT2D eigenvalue weighted by Crippen LogP contribution is 2.29. The Kier molecular flexibility index (Phi) is 13.7. The Balaban J connectivity index is 0.00000266. The van der Waals surface area contributed by atoms with Crippen LogP contribution in [0.25, 0.3) is 21.8 Å². The maximum absolute atomic E-state index is 9.84. The summed E-state index contributed by atoms with van der Waals surface area (Å²) in [5, 5.41) is 47.7. The van der Waals surface area contributed by atoms with Crippen molar-refractivity contribution in [3.8, 4) is 0 Å². The SMILES string of the molecule is Cc1cccc(Nc2ncnc3ccc(N=NN(CO)CCOCCN(CO)N=Nc4ccc5ncnc(Nc6cccc(C)c6)c5c4)cc23)c1.[CH-]=O. The summed E-state index contributed by atoms with van der Waals surface area (Å²) in [5.74, 6) is 1.30. The van der Waals surface area contributed by atoms with Crippen LogP contribution in [0.5, 0.6) is 0 Å². The minimum absolute atomic E-state index is 0.257. The Labute approximate surface area is 305 Å². The molecule has 53 heavy (non-hydrogen) atoms. The number of rotatable bonds is 16. The molecule has 6 aromatic rings. The van der Waals surface area contributed by atoms with Gasteiger partial charge < -0.3 is 30.4 Å². The molecule has 0 aliphatic rings. The van der Waals surface area contributed by atoms with E-state index in [0.717, 1.165) is 44.3 Å². The number of benzene rings is 4. The van der Waals surface area contributed by atoms with Crippen molar-refractivity contribution in [2.24, 2.45) is 20.7 Å². The molecule has 272 valence electrons. The lowest BCUT2D eigenvalue weighted by molar-refractivity contribution is 0.0314. The van der Waals surface area contributed by atoms with E-state index in [4.69, 9.17) is 9.53 Å². The van der Waals surface area contributed by atoms with Crippen molar-refractivity contribution in [1.29, 1.82) is 0 Å². The van der Waals surface area contributed by atoms with Gasteiger partial charge in [0.2, 0.25) is 0 Å². The van der Waals surface area contributed by atoms with Crippen LogP contribution < -0.4 is 10.6 Å². The second kappa shape index (κ2) is 19.2.